The van der Waals surface area contributed by atoms with E-state index in [-0.39, 0.29) is 0 Å². The Labute approximate surface area is 54.5 Å². The van der Waals surface area contributed by atoms with Crippen LogP contribution >= 0.6 is 0 Å². The van der Waals surface area contributed by atoms with Crippen molar-refractivity contribution in [2.24, 2.45) is 0 Å². The molecule has 9 heavy (non-hydrogen) atoms. The molecule has 0 saturated carbocycles. The third-order valence-corrected chi connectivity index (χ3v) is 1.07. The predicted octanol–water partition coefficient (Wildman–Crippen LogP) is 0.603. The Bertz CT molecular complexity index is 145. The Kier molecular flexibility index (Phi) is 2.15. The Morgan fingerprint density at radius 3 is 3.11 bits per heavy atom. The molecule has 0 aromatic carbocycles. The van der Waals surface area contributed by atoms with Gasteiger partial charge >= 0.3 is 0 Å². The smallest absolute Gasteiger partial charge is 0.0651 e. The van der Waals surface area contributed by atoms with Gasteiger partial charge in [0.1, 0.15) is 0 Å². The van der Waals surface area contributed by atoms with Crippen molar-refractivity contribution < 1.29 is 0 Å². The van der Waals surface area contributed by atoms with Crippen LogP contribution in [0.1, 0.15) is 0 Å². The minimum Gasteiger partial charge on any atom is -0.371 e. The van der Waals surface area contributed by atoms with Gasteiger partial charge in [0.05, 0.1) is 12.4 Å². The van der Waals surface area contributed by atoms with Gasteiger partial charge in [0.25, 0.3) is 0 Å². The zero-order valence-corrected chi connectivity index (χ0v) is 5.44. The molecule has 1 heterocycles. The molecule has 0 amide bonds. The lowest BCUT2D eigenvalue weighted by atomic mass is 10.5. The lowest BCUT2D eigenvalue weighted by Gasteiger charge is -1.99. The van der Waals surface area contributed by atoms with Gasteiger partial charge < -0.3 is 15.6 Å². The van der Waals surface area contributed by atoms with Crippen molar-refractivity contribution in [1.82, 2.24) is 10.3 Å². The third kappa shape index (κ3) is 1.77. The Balaban J connectivity index is 2.30. The molecule has 0 spiro atoms. The highest BCUT2D eigenvalue weighted by Gasteiger charge is 1.84. The van der Waals surface area contributed by atoms with Crippen molar-refractivity contribution in [3.8, 4) is 0 Å². The first-order valence-electron chi connectivity index (χ1n) is 2.95. The molecule has 3 nitrogen and oxygen atoms in total. The normalized spacial score (nSPS) is 9.44. The molecule has 0 aliphatic rings. The first-order valence-corrected chi connectivity index (χ1v) is 2.95. The molecule has 0 atom stereocenters. The molecule has 0 radical (unpaired) electrons. The number of nitrogens with one attached hydrogen (secondary N) is 3. The summed E-state index contributed by atoms with van der Waals surface area (Å²) < 4.78 is 0. The fourth-order valence-electron chi connectivity index (χ4n) is 0.624. The highest BCUT2D eigenvalue weighted by atomic mass is 15.0. The van der Waals surface area contributed by atoms with Crippen molar-refractivity contribution in [2.75, 3.05) is 19.0 Å². The van der Waals surface area contributed by atoms with E-state index in [0.29, 0.717) is 0 Å². The maximum atomic E-state index is 3.13. The van der Waals surface area contributed by atoms with Gasteiger partial charge in [-0.15, -0.1) is 0 Å². The monoisotopic (exact) mass is 125 g/mol. The quantitative estimate of drug-likeness (QED) is 0.518. The molecule has 3 N–H and O–H groups in total. The van der Waals surface area contributed by atoms with E-state index < -0.39 is 0 Å². The van der Waals surface area contributed by atoms with E-state index >= 15 is 0 Å². The molecule has 0 unspecified atom stereocenters. The average molecular weight is 125 g/mol. The molecular weight excluding hydrogens is 114 g/mol. The van der Waals surface area contributed by atoms with Gasteiger partial charge in [-0.25, -0.2) is 0 Å². The number of anilines is 1. The molecule has 1 aromatic heterocycles. The number of H-pyrrole nitrogens is 1. The van der Waals surface area contributed by atoms with Gasteiger partial charge in [-0.3, -0.25) is 0 Å². The maximum absolute atomic E-state index is 3.13. The molecule has 0 saturated heterocycles. The van der Waals surface area contributed by atoms with Crippen LogP contribution in [0, 0.1) is 0 Å². The van der Waals surface area contributed by atoms with Gasteiger partial charge in [0.15, 0.2) is 0 Å². The second-order valence-corrected chi connectivity index (χ2v) is 1.81. The fraction of sp³-hybridized carbons (Fsp3) is 0.333. The minimum atomic E-state index is 0.803. The molecule has 3 heteroatoms. The summed E-state index contributed by atoms with van der Waals surface area (Å²) in [6, 6.07) is 1.98. The SMILES string of the molecule is CNCNc1cc[nH]c1. The Morgan fingerprint density at radius 1 is 1.67 bits per heavy atom. The van der Waals surface area contributed by atoms with E-state index in [1.807, 2.05) is 25.5 Å². The zero-order chi connectivity index (χ0) is 6.53. The van der Waals surface area contributed by atoms with Gasteiger partial charge in [-0.1, -0.05) is 0 Å². The van der Waals surface area contributed by atoms with Crippen LogP contribution in [-0.2, 0) is 0 Å². The summed E-state index contributed by atoms with van der Waals surface area (Å²) in [5, 5.41) is 6.11. The Morgan fingerprint density at radius 2 is 2.56 bits per heavy atom. The van der Waals surface area contributed by atoms with Crippen LogP contribution < -0.4 is 10.6 Å². The van der Waals surface area contributed by atoms with E-state index in [9.17, 15) is 0 Å². The summed E-state index contributed by atoms with van der Waals surface area (Å²) >= 11 is 0. The molecule has 50 valence electrons. The van der Waals surface area contributed by atoms with Crippen LogP contribution in [0.2, 0.25) is 0 Å². The van der Waals surface area contributed by atoms with Crippen LogP contribution in [0.3, 0.4) is 0 Å². The van der Waals surface area contributed by atoms with Gasteiger partial charge in [-0.05, 0) is 13.1 Å². The summed E-state index contributed by atoms with van der Waals surface area (Å²) in [5.74, 6) is 0. The van der Waals surface area contributed by atoms with E-state index in [1.54, 1.807) is 0 Å². The predicted molar refractivity (Wildman–Crippen MR) is 38.3 cm³/mol. The molecule has 1 aromatic rings. The van der Waals surface area contributed by atoms with Crippen LogP contribution in [0.15, 0.2) is 18.5 Å². The molecule has 0 fully saturated rings. The lowest BCUT2D eigenvalue weighted by Crippen LogP contribution is -2.16. The van der Waals surface area contributed by atoms with Crippen LogP contribution in [-0.4, -0.2) is 18.7 Å². The van der Waals surface area contributed by atoms with E-state index in [0.717, 1.165) is 12.4 Å². The number of aromatic amines is 1. The second kappa shape index (κ2) is 3.14. The summed E-state index contributed by atoms with van der Waals surface area (Å²) in [5.41, 5.74) is 1.12. The van der Waals surface area contributed by atoms with Crippen LogP contribution in [0.5, 0.6) is 0 Å². The molecule has 0 aliphatic carbocycles. The lowest BCUT2D eigenvalue weighted by molar-refractivity contribution is 0.875. The summed E-state index contributed by atoms with van der Waals surface area (Å²) in [4.78, 5) is 2.95. The van der Waals surface area contributed by atoms with Gasteiger partial charge in [0, 0.05) is 12.4 Å². The molecule has 1 rings (SSSR count). The molecular formula is C6H11N3. The number of hydrogen-bond acceptors (Lipinski definition) is 2. The maximum Gasteiger partial charge on any atom is 0.0651 e. The number of rotatable bonds is 3. The average Bonchev–Trinajstić information content (AvgIpc) is 2.34. The highest BCUT2D eigenvalue weighted by molar-refractivity contribution is 5.39. The topological polar surface area (TPSA) is 39.8 Å². The second-order valence-electron chi connectivity index (χ2n) is 1.81. The number of hydrogen-bond donors (Lipinski definition) is 3. The third-order valence-electron chi connectivity index (χ3n) is 1.07. The Hall–Kier alpha value is -0.960. The van der Waals surface area contributed by atoms with Crippen molar-refractivity contribution in [2.45, 2.75) is 0 Å². The van der Waals surface area contributed by atoms with E-state index in [4.69, 9.17) is 0 Å². The summed E-state index contributed by atoms with van der Waals surface area (Å²) in [7, 11) is 1.90. The first-order chi connectivity index (χ1) is 4.43. The van der Waals surface area contributed by atoms with E-state index in [1.165, 1.54) is 0 Å². The largest absolute Gasteiger partial charge is 0.371 e. The highest BCUT2D eigenvalue weighted by Crippen LogP contribution is 2.00. The molecule has 0 aliphatic heterocycles. The standard InChI is InChI=1S/C6H11N3/c1-7-5-9-6-2-3-8-4-6/h2-4,7-9H,5H2,1H3. The number of aromatic nitrogens is 1. The van der Waals surface area contributed by atoms with Gasteiger partial charge in [-0.2, -0.15) is 0 Å². The van der Waals surface area contributed by atoms with Crippen molar-refractivity contribution in [3.63, 3.8) is 0 Å². The van der Waals surface area contributed by atoms with Crippen molar-refractivity contribution in [1.29, 1.82) is 0 Å². The zero-order valence-electron chi connectivity index (χ0n) is 5.44. The van der Waals surface area contributed by atoms with E-state index in [2.05, 4.69) is 15.6 Å². The minimum absolute atomic E-state index is 0.803. The van der Waals surface area contributed by atoms with Gasteiger partial charge in [0.2, 0.25) is 0 Å². The summed E-state index contributed by atoms with van der Waals surface area (Å²) in [6.45, 7) is 0.803. The van der Waals surface area contributed by atoms with Crippen LogP contribution in [0.25, 0.3) is 0 Å². The molecule has 0 bridgehead atoms. The van der Waals surface area contributed by atoms with Crippen molar-refractivity contribution >= 4 is 5.69 Å². The fourth-order valence-corrected chi connectivity index (χ4v) is 0.624. The summed E-state index contributed by atoms with van der Waals surface area (Å²) in [6.07, 6.45) is 3.80. The van der Waals surface area contributed by atoms with Crippen molar-refractivity contribution in [3.05, 3.63) is 18.5 Å². The first kappa shape index (κ1) is 6.16. The van der Waals surface area contributed by atoms with Crippen LogP contribution in [0.4, 0.5) is 5.69 Å².